The van der Waals surface area contributed by atoms with E-state index in [0.29, 0.717) is 66.5 Å². The van der Waals surface area contributed by atoms with Crippen molar-refractivity contribution in [3.63, 3.8) is 0 Å². The number of rotatable bonds is 13. The Hall–Kier alpha value is -2.98. The van der Waals surface area contributed by atoms with Gasteiger partial charge in [-0.3, -0.25) is 14.5 Å². The van der Waals surface area contributed by atoms with Gasteiger partial charge in [0.1, 0.15) is 5.75 Å². The number of hydrogen-bond donors (Lipinski definition) is 3. The van der Waals surface area contributed by atoms with E-state index in [1.54, 1.807) is 14.0 Å². The van der Waals surface area contributed by atoms with E-state index >= 15 is 0 Å². The summed E-state index contributed by atoms with van der Waals surface area (Å²) in [5.74, 6) is 2.21. The number of para-hydroxylation sites is 1. The number of fused-ring (bicyclic) bond motifs is 2. The number of carbonyl (C=O) groups is 2. The lowest BCUT2D eigenvalue weighted by atomic mass is 9.43. The lowest BCUT2D eigenvalue weighted by molar-refractivity contribution is -0.143. The number of aliphatic hydroxyl groups excluding tert-OH is 2. The van der Waals surface area contributed by atoms with Gasteiger partial charge in [-0.05, 0) is 86.7 Å². The zero-order chi connectivity index (χ0) is 35.1. The van der Waals surface area contributed by atoms with E-state index < -0.39 is 24.2 Å². The van der Waals surface area contributed by atoms with Crippen LogP contribution in [0.25, 0.3) is 11.1 Å². The molecule has 1 saturated heterocycles. The van der Waals surface area contributed by atoms with Crippen molar-refractivity contribution in [1.82, 2.24) is 15.1 Å². The molecule has 2 aromatic rings. The molecule has 8 atom stereocenters. The van der Waals surface area contributed by atoms with Gasteiger partial charge < -0.3 is 30.1 Å². The first-order valence-corrected chi connectivity index (χ1v) is 17.7. The molecule has 0 aromatic heterocycles. The first-order chi connectivity index (χ1) is 22.6. The van der Waals surface area contributed by atoms with Crippen LogP contribution in [-0.2, 0) is 11.3 Å². The van der Waals surface area contributed by atoms with Gasteiger partial charge in [-0.25, -0.2) is 0 Å². The van der Waals surface area contributed by atoms with Crippen LogP contribution in [-0.4, -0.2) is 105 Å². The molecule has 0 spiro atoms. The molecular formula is C39H58N4O5. The fraction of sp³-hybridized carbons (Fsp3) is 0.641. The highest BCUT2D eigenvalue weighted by Gasteiger charge is 2.57. The number of ether oxygens (including phenoxy) is 1. The number of nitrogens with zero attached hydrogens (tertiary/aromatic N) is 3. The molecular weight excluding hydrogens is 604 g/mol. The molecule has 3 N–H and O–H groups in total. The van der Waals surface area contributed by atoms with Crippen LogP contribution in [0, 0.1) is 35.0 Å². The summed E-state index contributed by atoms with van der Waals surface area (Å²) in [7, 11) is 9.49. The van der Waals surface area contributed by atoms with E-state index in [4.69, 9.17) is 4.74 Å². The molecule has 2 aromatic carbocycles. The molecule has 1 amide bonds. The molecule has 4 aliphatic rings. The number of Topliss-reactive ketones (excluding diaryl/α,β-unsaturated/α-hetero) is 1. The van der Waals surface area contributed by atoms with Crippen molar-refractivity contribution < 1.29 is 24.5 Å². The number of ketones is 1. The Bertz CT molecular complexity index is 1470. The average molecular weight is 663 g/mol. The number of methoxy groups -OCH3 is 1. The Morgan fingerprint density at radius 3 is 2.46 bits per heavy atom. The number of β-amino-alcohol motifs (C(OH)–C–C–N with tert-alkyl or cyclic N) is 1. The van der Waals surface area contributed by atoms with Gasteiger partial charge in [-0.1, -0.05) is 39.0 Å². The molecule has 6 rings (SSSR count). The topological polar surface area (TPSA) is 106 Å². The highest BCUT2D eigenvalue weighted by atomic mass is 16.5. The van der Waals surface area contributed by atoms with Gasteiger partial charge in [0.15, 0.2) is 5.78 Å². The van der Waals surface area contributed by atoms with E-state index in [0.717, 1.165) is 35.3 Å². The number of likely N-dealkylation sites (N-methyl/N-ethyl adjacent to an activating group) is 1. The lowest BCUT2D eigenvalue weighted by Gasteiger charge is -2.62. The summed E-state index contributed by atoms with van der Waals surface area (Å²) in [6, 6.07) is 11.2. The molecule has 9 heteroatoms. The number of likely N-dealkylation sites (tertiary alicyclic amines) is 1. The Morgan fingerprint density at radius 1 is 1.12 bits per heavy atom. The maximum Gasteiger partial charge on any atom is 0.251 e. The summed E-state index contributed by atoms with van der Waals surface area (Å²) < 4.78 is 6.06. The molecule has 1 heterocycles. The van der Waals surface area contributed by atoms with E-state index in [2.05, 4.69) is 26.1 Å². The van der Waals surface area contributed by atoms with Crippen molar-refractivity contribution >= 4 is 17.4 Å². The van der Waals surface area contributed by atoms with Crippen LogP contribution >= 0.6 is 0 Å². The number of aliphatic hydroxyl groups is 2. The van der Waals surface area contributed by atoms with E-state index in [9.17, 15) is 19.8 Å². The van der Waals surface area contributed by atoms with Gasteiger partial charge in [-0.15, -0.1) is 0 Å². The van der Waals surface area contributed by atoms with Crippen LogP contribution in [0.3, 0.4) is 0 Å². The second-order valence-corrected chi connectivity index (χ2v) is 15.9. The maximum absolute atomic E-state index is 14.2. The highest BCUT2D eigenvalue weighted by molar-refractivity contribution is 5.97. The summed E-state index contributed by atoms with van der Waals surface area (Å²) in [6.45, 7) is 10.7. The minimum Gasteiger partial charge on any atom is -0.496 e. The first kappa shape index (κ1) is 36.3. The first-order valence-electron chi connectivity index (χ1n) is 17.7. The number of nitrogens with one attached hydrogen (secondary N) is 1. The zero-order valence-electron chi connectivity index (χ0n) is 30.5. The number of hydrogen-bond acceptors (Lipinski definition) is 8. The fourth-order valence-electron chi connectivity index (χ4n) is 9.05. The van der Waals surface area contributed by atoms with Crippen LogP contribution in [0.4, 0.5) is 5.69 Å². The molecule has 4 fully saturated rings. The summed E-state index contributed by atoms with van der Waals surface area (Å²) in [5.41, 5.74) is 4.38. The summed E-state index contributed by atoms with van der Waals surface area (Å²) in [5, 5.41) is 25.0. The van der Waals surface area contributed by atoms with Crippen LogP contribution in [0.2, 0.25) is 0 Å². The largest absolute Gasteiger partial charge is 0.496 e. The van der Waals surface area contributed by atoms with Gasteiger partial charge in [-0.2, -0.15) is 0 Å². The minimum absolute atomic E-state index is 0.118. The molecule has 2 bridgehead atoms. The number of amides is 1. The smallest absolute Gasteiger partial charge is 0.251 e. The Morgan fingerprint density at radius 2 is 1.85 bits per heavy atom. The SMILES string of the molecule is COc1c(CN2C[C@H](O)[C@@H]([C@H](C)O)[C@H]2C(=O)CC2C[C@H]3C[C@@H]([C@@H]2C)C3(C)C)cccc1-c1cc(C(=O)NCCN(C)C)cc(N(C)C)c1. The number of anilines is 1. The monoisotopic (exact) mass is 662 g/mol. The van der Waals surface area contributed by atoms with Crippen molar-refractivity contribution in [2.75, 3.05) is 59.8 Å². The molecule has 1 aliphatic heterocycles. The van der Waals surface area contributed by atoms with Crippen molar-refractivity contribution in [2.24, 2.45) is 35.0 Å². The van der Waals surface area contributed by atoms with E-state index in [1.807, 2.05) is 79.3 Å². The normalized spacial score (nSPS) is 28.5. The van der Waals surface area contributed by atoms with E-state index in [-0.39, 0.29) is 11.7 Å². The van der Waals surface area contributed by atoms with Crippen LogP contribution in [0.5, 0.6) is 5.75 Å². The Labute approximate surface area is 287 Å². The van der Waals surface area contributed by atoms with E-state index in [1.165, 1.54) is 6.42 Å². The fourth-order valence-corrected chi connectivity index (χ4v) is 9.05. The predicted octanol–water partition coefficient (Wildman–Crippen LogP) is 4.54. The van der Waals surface area contributed by atoms with Crippen molar-refractivity contribution in [1.29, 1.82) is 0 Å². The summed E-state index contributed by atoms with van der Waals surface area (Å²) >= 11 is 0. The molecule has 1 unspecified atom stereocenters. The van der Waals surface area contributed by atoms with Crippen LogP contribution in [0.15, 0.2) is 36.4 Å². The lowest BCUT2D eigenvalue weighted by Crippen LogP contribution is -2.55. The minimum atomic E-state index is -0.820. The highest BCUT2D eigenvalue weighted by Crippen LogP contribution is 2.63. The van der Waals surface area contributed by atoms with Crippen LogP contribution in [0.1, 0.15) is 62.9 Å². The number of carbonyl (C=O) groups excluding carboxylic acids is 2. The van der Waals surface area contributed by atoms with Crippen LogP contribution < -0.4 is 15.0 Å². The third kappa shape index (κ3) is 7.16. The molecule has 0 radical (unpaired) electrons. The van der Waals surface area contributed by atoms with Crippen molar-refractivity contribution in [3.05, 3.63) is 47.5 Å². The Balaban J connectivity index is 1.42. The summed E-state index contributed by atoms with van der Waals surface area (Å²) in [4.78, 5) is 33.5. The van der Waals surface area contributed by atoms with Gasteiger partial charge in [0.2, 0.25) is 0 Å². The predicted molar refractivity (Wildman–Crippen MR) is 191 cm³/mol. The Kier molecular flexibility index (Phi) is 10.9. The third-order valence-electron chi connectivity index (χ3n) is 12.0. The second kappa shape index (κ2) is 14.5. The second-order valence-electron chi connectivity index (χ2n) is 15.9. The standard InChI is InChI=1S/C39H58N4O5/c1-23-26(16-29-20-32(23)39(29,3)4)19-33(45)36-35(24(2)44)34(46)22-43(36)21-25-11-10-12-31(37(25)48-9)27-15-28(18-30(17-27)42(7)8)38(47)40-13-14-41(5)6/h10-12,15,17-18,23-24,26,29,32,34-36,44,46H,13-14,16,19-22H2,1-9H3,(H,40,47)/t23-,24+,26?,29+,32+,34+,35-,36-/m1/s1. The molecule has 3 aliphatic carbocycles. The van der Waals surface area contributed by atoms with Crippen molar-refractivity contribution in [3.8, 4) is 16.9 Å². The average Bonchev–Trinajstić information content (AvgIpc) is 3.36. The third-order valence-corrected chi connectivity index (χ3v) is 12.0. The maximum atomic E-state index is 14.2. The number of benzene rings is 2. The van der Waals surface area contributed by atoms with Gasteiger partial charge in [0.05, 0.1) is 25.4 Å². The van der Waals surface area contributed by atoms with Gasteiger partial charge in [0, 0.05) is 75.0 Å². The quantitative estimate of drug-likeness (QED) is 0.287. The molecule has 3 saturated carbocycles. The summed E-state index contributed by atoms with van der Waals surface area (Å²) in [6.07, 6.45) is 1.19. The molecule has 48 heavy (non-hydrogen) atoms. The van der Waals surface area contributed by atoms with Gasteiger partial charge in [0.25, 0.3) is 5.91 Å². The van der Waals surface area contributed by atoms with Crippen molar-refractivity contribution in [2.45, 2.75) is 71.8 Å². The molecule has 9 nitrogen and oxygen atoms in total. The molecule has 264 valence electrons. The zero-order valence-corrected chi connectivity index (χ0v) is 30.5. The van der Waals surface area contributed by atoms with Gasteiger partial charge >= 0.3 is 0 Å².